The first-order valence-corrected chi connectivity index (χ1v) is 13.2. The van der Waals surface area contributed by atoms with Crippen LogP contribution in [0.1, 0.15) is 73.4 Å². The number of phenols is 1. The molecule has 0 aliphatic heterocycles. The molecule has 2 saturated carbocycles. The van der Waals surface area contributed by atoms with E-state index in [0.717, 1.165) is 38.5 Å². The second kappa shape index (κ2) is 7.57. The molecule has 2 aromatic carbocycles. The lowest BCUT2D eigenvalue weighted by atomic mass is 9.48. The van der Waals surface area contributed by atoms with Crippen LogP contribution in [-0.2, 0) is 21.2 Å². The van der Waals surface area contributed by atoms with Crippen molar-refractivity contribution in [3.05, 3.63) is 59.2 Å². The van der Waals surface area contributed by atoms with Crippen LogP contribution >= 0.6 is 0 Å². The minimum Gasteiger partial charge on any atom is -0.508 e. The van der Waals surface area contributed by atoms with Gasteiger partial charge in [-0.1, -0.05) is 19.9 Å². The van der Waals surface area contributed by atoms with Gasteiger partial charge in [0.25, 0.3) is 0 Å². The molecule has 3 aliphatic carbocycles. The van der Waals surface area contributed by atoms with E-state index in [1.165, 1.54) is 35.4 Å². The molecular weight excluding hydrogens is 438 g/mol. The summed E-state index contributed by atoms with van der Waals surface area (Å²) >= 11 is 0. The van der Waals surface area contributed by atoms with E-state index in [1.54, 1.807) is 6.07 Å². The SMILES string of the molecule is C[C@]12CC[C@@H]3c4ccc(O)cc4CC[C@@]3(C)[C@@H]1CC[C@@H]2OC(=O)c1ccc(S(N)(=O)=O)cc1. The summed E-state index contributed by atoms with van der Waals surface area (Å²) in [6.07, 6.45) is 5.77. The van der Waals surface area contributed by atoms with Gasteiger partial charge in [0.15, 0.2) is 0 Å². The number of aromatic hydroxyl groups is 1. The van der Waals surface area contributed by atoms with Crippen molar-refractivity contribution in [2.24, 2.45) is 21.9 Å². The van der Waals surface area contributed by atoms with Gasteiger partial charge >= 0.3 is 5.97 Å². The molecule has 0 spiro atoms. The number of nitrogens with two attached hydrogens (primary N) is 1. The van der Waals surface area contributed by atoms with E-state index in [4.69, 9.17) is 9.88 Å². The smallest absolute Gasteiger partial charge is 0.338 e. The molecule has 5 rings (SSSR count). The Bertz CT molecular complexity index is 1210. The summed E-state index contributed by atoms with van der Waals surface area (Å²) in [5.74, 6) is 0.830. The van der Waals surface area contributed by atoms with Crippen molar-refractivity contribution in [1.82, 2.24) is 0 Å². The molecule has 0 radical (unpaired) electrons. The van der Waals surface area contributed by atoms with Gasteiger partial charge in [-0.3, -0.25) is 0 Å². The third-order valence-electron chi connectivity index (χ3n) is 8.92. The maximum absolute atomic E-state index is 12.9. The number of fused-ring (bicyclic) bond motifs is 5. The highest BCUT2D eigenvalue weighted by molar-refractivity contribution is 7.89. The summed E-state index contributed by atoms with van der Waals surface area (Å²) in [5, 5.41) is 15.1. The second-order valence-electron chi connectivity index (χ2n) is 10.6. The van der Waals surface area contributed by atoms with Gasteiger partial charge in [0.05, 0.1) is 10.5 Å². The molecule has 0 unspecified atom stereocenters. The number of carbonyl (C=O) groups is 1. The molecule has 5 atom stereocenters. The van der Waals surface area contributed by atoms with Crippen LogP contribution in [0.4, 0.5) is 0 Å². The quantitative estimate of drug-likeness (QED) is 0.643. The summed E-state index contributed by atoms with van der Waals surface area (Å²) in [5.41, 5.74) is 3.02. The summed E-state index contributed by atoms with van der Waals surface area (Å²) in [7, 11) is -3.80. The zero-order chi connectivity index (χ0) is 23.6. The first-order chi connectivity index (χ1) is 15.5. The van der Waals surface area contributed by atoms with Crippen LogP contribution in [0.2, 0.25) is 0 Å². The average Bonchev–Trinajstić information content (AvgIpc) is 3.10. The van der Waals surface area contributed by atoms with Crippen molar-refractivity contribution in [3.8, 4) is 5.75 Å². The Kier molecular flexibility index (Phi) is 5.14. The molecule has 6 nitrogen and oxygen atoms in total. The maximum atomic E-state index is 12.9. The van der Waals surface area contributed by atoms with Crippen molar-refractivity contribution in [3.63, 3.8) is 0 Å². The maximum Gasteiger partial charge on any atom is 0.338 e. The second-order valence-corrected chi connectivity index (χ2v) is 12.1. The van der Waals surface area contributed by atoms with E-state index in [1.807, 2.05) is 6.07 Å². The molecule has 2 aromatic rings. The number of aryl methyl sites for hydroxylation is 1. The predicted molar refractivity (Wildman–Crippen MR) is 124 cm³/mol. The number of carbonyl (C=O) groups excluding carboxylic acids is 1. The lowest BCUT2D eigenvalue weighted by Crippen LogP contribution is -2.50. The first-order valence-electron chi connectivity index (χ1n) is 11.7. The van der Waals surface area contributed by atoms with Crippen molar-refractivity contribution in [2.45, 2.75) is 69.3 Å². The zero-order valence-electron chi connectivity index (χ0n) is 19.1. The third-order valence-corrected chi connectivity index (χ3v) is 9.84. The van der Waals surface area contributed by atoms with Crippen molar-refractivity contribution < 1.29 is 23.1 Å². The number of rotatable bonds is 3. The van der Waals surface area contributed by atoms with E-state index < -0.39 is 16.0 Å². The van der Waals surface area contributed by atoms with E-state index in [-0.39, 0.29) is 21.8 Å². The molecule has 7 heteroatoms. The number of benzene rings is 2. The van der Waals surface area contributed by atoms with Crippen LogP contribution in [0, 0.1) is 16.7 Å². The molecule has 0 aromatic heterocycles. The lowest BCUT2D eigenvalue weighted by molar-refractivity contribution is -0.0751. The van der Waals surface area contributed by atoms with Crippen molar-refractivity contribution in [1.29, 1.82) is 0 Å². The Morgan fingerprint density at radius 3 is 2.45 bits per heavy atom. The van der Waals surface area contributed by atoms with Gasteiger partial charge in [-0.25, -0.2) is 18.4 Å². The van der Waals surface area contributed by atoms with Crippen molar-refractivity contribution in [2.75, 3.05) is 0 Å². The van der Waals surface area contributed by atoms with Crippen molar-refractivity contribution >= 4 is 16.0 Å². The molecule has 176 valence electrons. The molecule has 33 heavy (non-hydrogen) atoms. The fourth-order valence-corrected chi connectivity index (χ4v) is 7.75. The molecule has 0 saturated heterocycles. The average molecular weight is 470 g/mol. The molecule has 0 heterocycles. The van der Waals surface area contributed by atoms with Crippen LogP contribution in [0.3, 0.4) is 0 Å². The first kappa shape index (κ1) is 22.4. The lowest BCUT2D eigenvalue weighted by Gasteiger charge is -2.57. The Labute approximate surface area is 195 Å². The third kappa shape index (κ3) is 3.56. The molecular formula is C26H31NO5S. The number of primary sulfonamides is 1. The van der Waals surface area contributed by atoms with Crippen LogP contribution in [0.5, 0.6) is 5.75 Å². The normalized spacial score (nSPS) is 33.0. The summed E-state index contributed by atoms with van der Waals surface area (Å²) in [4.78, 5) is 12.9. The fraction of sp³-hybridized carbons (Fsp3) is 0.500. The summed E-state index contributed by atoms with van der Waals surface area (Å²) < 4.78 is 29.0. The fourth-order valence-electron chi connectivity index (χ4n) is 7.23. The van der Waals surface area contributed by atoms with Crippen LogP contribution in [0.15, 0.2) is 47.4 Å². The standard InChI is InChI=1S/C26H31NO5S/c1-25-13-11-17-15-18(28)5-8-20(17)21(25)12-14-26(2)22(25)9-10-23(26)32-24(29)16-3-6-19(7-4-16)33(27,30)31/h3-8,15,21-23,28H,9-14H2,1-2H3,(H2,27,30,31)/t21-,22+,23+,25-,26+/m1/s1. The van der Waals surface area contributed by atoms with Gasteiger partial charge < -0.3 is 9.84 Å². The predicted octanol–water partition coefficient (Wildman–Crippen LogP) is 4.51. The van der Waals surface area contributed by atoms with Gasteiger partial charge in [0.2, 0.25) is 10.0 Å². The van der Waals surface area contributed by atoms with Crippen LogP contribution in [0.25, 0.3) is 0 Å². The minimum atomic E-state index is -3.80. The number of sulfonamides is 1. The highest BCUT2D eigenvalue weighted by atomic mass is 32.2. The number of ether oxygens (including phenoxy) is 1. The number of hydrogen-bond donors (Lipinski definition) is 2. The monoisotopic (exact) mass is 469 g/mol. The molecule has 3 aliphatic rings. The largest absolute Gasteiger partial charge is 0.508 e. The topological polar surface area (TPSA) is 107 Å². The molecule has 3 N–H and O–H groups in total. The number of esters is 1. The van der Waals surface area contributed by atoms with Crippen LogP contribution < -0.4 is 5.14 Å². The molecule has 0 amide bonds. The highest BCUT2D eigenvalue weighted by Gasteiger charge is 2.61. The van der Waals surface area contributed by atoms with E-state index >= 15 is 0 Å². The van der Waals surface area contributed by atoms with Gasteiger partial charge in [0.1, 0.15) is 11.9 Å². The number of hydrogen-bond acceptors (Lipinski definition) is 5. The van der Waals surface area contributed by atoms with Gasteiger partial charge in [-0.05, 0) is 103 Å². The van der Waals surface area contributed by atoms with E-state index in [2.05, 4.69) is 19.9 Å². The van der Waals surface area contributed by atoms with Gasteiger partial charge in [-0.2, -0.15) is 0 Å². The molecule has 0 bridgehead atoms. The Morgan fingerprint density at radius 1 is 1.03 bits per heavy atom. The highest BCUT2D eigenvalue weighted by Crippen LogP contribution is 2.67. The molecule has 2 fully saturated rings. The van der Waals surface area contributed by atoms with Gasteiger partial charge in [0, 0.05) is 5.41 Å². The Balaban J connectivity index is 1.37. The van der Waals surface area contributed by atoms with Gasteiger partial charge in [-0.15, -0.1) is 0 Å². The number of phenolic OH excluding ortho intramolecular Hbond substituents is 1. The van der Waals surface area contributed by atoms with E-state index in [9.17, 15) is 18.3 Å². The Hall–Kier alpha value is -2.38. The van der Waals surface area contributed by atoms with E-state index in [0.29, 0.717) is 23.1 Å². The Morgan fingerprint density at radius 2 is 1.76 bits per heavy atom. The summed E-state index contributed by atoms with van der Waals surface area (Å²) in [6, 6.07) is 11.4. The minimum absolute atomic E-state index is 0.0240. The zero-order valence-corrected chi connectivity index (χ0v) is 19.9. The van der Waals surface area contributed by atoms with Crippen LogP contribution in [-0.4, -0.2) is 25.6 Å². The summed E-state index contributed by atoms with van der Waals surface area (Å²) in [6.45, 7) is 4.69.